The molecule has 2 heterocycles. The van der Waals surface area contributed by atoms with Crippen LogP contribution in [0.4, 0.5) is 5.69 Å². The molecule has 0 aromatic heterocycles. The summed E-state index contributed by atoms with van der Waals surface area (Å²) in [4.78, 5) is 28.7. The zero-order valence-corrected chi connectivity index (χ0v) is 25.6. The summed E-state index contributed by atoms with van der Waals surface area (Å²) in [6.45, 7) is 5.39. The maximum absolute atomic E-state index is 13.7. The number of amides is 1. The molecule has 234 valence electrons. The second-order valence-corrected chi connectivity index (χ2v) is 10.9. The largest absolute Gasteiger partial charge is 0.493 e. The normalized spacial score (nSPS) is 19.1. The summed E-state index contributed by atoms with van der Waals surface area (Å²) in [5.74, 6) is -0.324. The smallest absolute Gasteiger partial charge is 0.309 e. The van der Waals surface area contributed by atoms with E-state index in [2.05, 4.69) is 19.2 Å². The average Bonchev–Trinajstić information content (AvgIpc) is 3.66. The van der Waals surface area contributed by atoms with E-state index in [1.54, 1.807) is 14.2 Å². The number of aryl methyl sites for hydroxylation is 2. The van der Waals surface area contributed by atoms with Crippen molar-refractivity contribution >= 4 is 17.6 Å². The van der Waals surface area contributed by atoms with E-state index in [9.17, 15) is 14.7 Å². The van der Waals surface area contributed by atoms with E-state index in [0.717, 1.165) is 40.8 Å². The number of hydrogen-bond donors (Lipinski definition) is 2. The molecule has 3 aromatic rings. The number of benzene rings is 3. The topological polar surface area (TPSA) is 116 Å². The number of methoxy groups -OCH3 is 2. The summed E-state index contributed by atoms with van der Waals surface area (Å²) in [6.07, 6.45) is 1.56. The molecule has 5 rings (SSSR count). The quantitative estimate of drug-likeness (QED) is 0.259. The van der Waals surface area contributed by atoms with Crippen LogP contribution < -0.4 is 24.3 Å². The Hall–Kier alpha value is -4.28. The first-order valence-corrected chi connectivity index (χ1v) is 14.9. The highest BCUT2D eigenvalue weighted by molar-refractivity contribution is 5.94. The maximum atomic E-state index is 13.7. The van der Waals surface area contributed by atoms with Crippen LogP contribution in [0.25, 0.3) is 0 Å². The van der Waals surface area contributed by atoms with Crippen LogP contribution >= 0.6 is 0 Å². The SMILES string of the molecule is CCc1cccc(CC)c1NC(=O)CN1C[C@H](c2cc(OC)c3c(c2)OCO3)C(C(=O)O)[C@@H]1c1ccc(OCCOC)cc1. The first-order valence-electron chi connectivity index (χ1n) is 14.9. The van der Waals surface area contributed by atoms with Crippen molar-refractivity contribution < 1.29 is 38.4 Å². The number of nitrogens with one attached hydrogen (secondary N) is 1. The summed E-state index contributed by atoms with van der Waals surface area (Å²) >= 11 is 0. The van der Waals surface area contributed by atoms with Gasteiger partial charge in [-0.1, -0.05) is 44.2 Å². The fraction of sp³-hybridized carbons (Fsp3) is 0.412. The van der Waals surface area contributed by atoms with Gasteiger partial charge in [0.25, 0.3) is 0 Å². The van der Waals surface area contributed by atoms with Gasteiger partial charge in [0, 0.05) is 31.3 Å². The van der Waals surface area contributed by atoms with E-state index >= 15 is 0 Å². The second-order valence-electron chi connectivity index (χ2n) is 10.9. The van der Waals surface area contributed by atoms with Gasteiger partial charge in [-0.15, -0.1) is 0 Å². The fourth-order valence-electron chi connectivity index (χ4n) is 6.26. The minimum atomic E-state index is -0.954. The number of rotatable bonds is 13. The summed E-state index contributed by atoms with van der Waals surface area (Å²) in [5.41, 5.74) is 4.49. The van der Waals surface area contributed by atoms with Crippen LogP contribution in [-0.2, 0) is 27.2 Å². The van der Waals surface area contributed by atoms with Crippen LogP contribution in [0.5, 0.6) is 23.0 Å². The standard InChI is InChI=1S/C34H40N2O8/c1-5-21-8-7-9-22(6-2)31(21)35-29(37)19-36-18-26(24-16-27(41-4)33-28(17-24)43-20-44-33)30(34(38)39)32(36)23-10-12-25(13-11-23)42-15-14-40-3/h7-13,16-17,26,30,32H,5-6,14-15,18-20H2,1-4H3,(H,35,37)(H,38,39)/t26-,30?,32+/m1/s1. The molecule has 3 atom stereocenters. The van der Waals surface area contributed by atoms with Gasteiger partial charge in [-0.25, -0.2) is 0 Å². The van der Waals surface area contributed by atoms with E-state index in [1.165, 1.54) is 0 Å². The number of para-hydroxylation sites is 1. The van der Waals surface area contributed by atoms with Crippen molar-refractivity contribution in [2.24, 2.45) is 5.92 Å². The lowest BCUT2D eigenvalue weighted by Crippen LogP contribution is -2.35. The number of anilines is 1. The number of carbonyl (C=O) groups excluding carboxylic acids is 1. The van der Waals surface area contributed by atoms with Crippen molar-refractivity contribution in [2.45, 2.75) is 38.6 Å². The zero-order valence-electron chi connectivity index (χ0n) is 25.6. The number of fused-ring (bicyclic) bond motifs is 1. The maximum Gasteiger partial charge on any atom is 0.309 e. The summed E-state index contributed by atoms with van der Waals surface area (Å²) < 4.78 is 27.6. The van der Waals surface area contributed by atoms with Gasteiger partial charge < -0.3 is 34.1 Å². The van der Waals surface area contributed by atoms with Gasteiger partial charge in [0.2, 0.25) is 18.4 Å². The highest BCUT2D eigenvalue weighted by atomic mass is 16.7. The predicted octanol–water partition coefficient (Wildman–Crippen LogP) is 5.05. The lowest BCUT2D eigenvalue weighted by Gasteiger charge is -2.27. The Bertz CT molecular complexity index is 1450. The Kier molecular flexibility index (Phi) is 9.92. The summed E-state index contributed by atoms with van der Waals surface area (Å²) in [5, 5.41) is 13.8. The van der Waals surface area contributed by atoms with Crippen LogP contribution in [0.3, 0.4) is 0 Å². The van der Waals surface area contributed by atoms with E-state index in [-0.39, 0.29) is 19.2 Å². The molecular formula is C34H40N2O8. The Morgan fingerprint density at radius 3 is 2.34 bits per heavy atom. The molecule has 0 saturated carbocycles. The third-order valence-corrected chi connectivity index (χ3v) is 8.38. The molecule has 0 spiro atoms. The minimum absolute atomic E-state index is 0.0138. The molecule has 44 heavy (non-hydrogen) atoms. The number of likely N-dealkylation sites (tertiary alicyclic amines) is 1. The molecular weight excluding hydrogens is 564 g/mol. The number of carboxylic acids is 1. The van der Waals surface area contributed by atoms with E-state index < -0.39 is 23.8 Å². The van der Waals surface area contributed by atoms with Crippen molar-refractivity contribution in [3.8, 4) is 23.0 Å². The molecule has 0 radical (unpaired) electrons. The highest BCUT2D eigenvalue weighted by Crippen LogP contribution is 2.50. The van der Waals surface area contributed by atoms with Gasteiger partial charge in [-0.2, -0.15) is 0 Å². The first-order chi connectivity index (χ1) is 21.4. The Balaban J connectivity index is 1.49. The Morgan fingerprint density at radius 1 is 0.977 bits per heavy atom. The monoisotopic (exact) mass is 604 g/mol. The lowest BCUT2D eigenvalue weighted by atomic mass is 9.82. The molecule has 2 aliphatic rings. The molecule has 1 unspecified atom stereocenters. The molecule has 1 amide bonds. The number of carboxylic acid groups (broad SMARTS) is 1. The van der Waals surface area contributed by atoms with Gasteiger partial charge >= 0.3 is 5.97 Å². The van der Waals surface area contributed by atoms with Crippen LogP contribution in [-0.4, -0.2) is 69.2 Å². The van der Waals surface area contributed by atoms with Gasteiger partial charge in [0.1, 0.15) is 12.4 Å². The Morgan fingerprint density at radius 2 is 1.70 bits per heavy atom. The third kappa shape index (κ3) is 6.46. The highest BCUT2D eigenvalue weighted by Gasteiger charge is 2.48. The van der Waals surface area contributed by atoms with Crippen LogP contribution in [0.15, 0.2) is 54.6 Å². The van der Waals surface area contributed by atoms with E-state index in [0.29, 0.717) is 42.8 Å². The number of ether oxygens (including phenoxy) is 5. The van der Waals surface area contributed by atoms with Crippen molar-refractivity contribution in [2.75, 3.05) is 52.6 Å². The molecule has 0 bridgehead atoms. The molecule has 10 nitrogen and oxygen atoms in total. The summed E-state index contributed by atoms with van der Waals surface area (Å²) in [7, 11) is 3.15. The minimum Gasteiger partial charge on any atom is -0.493 e. The van der Waals surface area contributed by atoms with Gasteiger partial charge in [0.15, 0.2) is 11.5 Å². The lowest BCUT2D eigenvalue weighted by molar-refractivity contribution is -0.143. The van der Waals surface area contributed by atoms with Crippen molar-refractivity contribution in [1.82, 2.24) is 4.90 Å². The van der Waals surface area contributed by atoms with Crippen LogP contribution in [0, 0.1) is 5.92 Å². The summed E-state index contributed by atoms with van der Waals surface area (Å²) in [6, 6.07) is 16.5. The first kappa shape index (κ1) is 31.2. The molecule has 10 heteroatoms. The van der Waals surface area contributed by atoms with E-state index in [1.807, 2.05) is 59.5 Å². The molecule has 2 N–H and O–H groups in total. The van der Waals surface area contributed by atoms with Gasteiger partial charge in [-0.3, -0.25) is 14.5 Å². The van der Waals surface area contributed by atoms with Crippen molar-refractivity contribution in [1.29, 1.82) is 0 Å². The zero-order chi connectivity index (χ0) is 31.2. The second kappa shape index (κ2) is 14.0. The van der Waals surface area contributed by atoms with Crippen molar-refractivity contribution in [3.05, 3.63) is 76.9 Å². The van der Waals surface area contributed by atoms with Gasteiger partial charge in [-0.05, 0) is 59.4 Å². The molecule has 3 aromatic carbocycles. The fourth-order valence-corrected chi connectivity index (χ4v) is 6.26. The van der Waals surface area contributed by atoms with Crippen LogP contribution in [0.1, 0.15) is 48.1 Å². The third-order valence-electron chi connectivity index (χ3n) is 8.38. The molecule has 1 fully saturated rings. The number of aliphatic carboxylic acids is 1. The molecule has 1 saturated heterocycles. The van der Waals surface area contributed by atoms with E-state index in [4.69, 9.17) is 23.7 Å². The number of hydrogen-bond acceptors (Lipinski definition) is 8. The number of nitrogens with zero attached hydrogens (tertiary/aromatic N) is 1. The van der Waals surface area contributed by atoms with Gasteiger partial charge in [0.05, 0.1) is 26.2 Å². The number of carbonyl (C=O) groups is 2. The van der Waals surface area contributed by atoms with Crippen LogP contribution in [0.2, 0.25) is 0 Å². The average molecular weight is 605 g/mol. The molecule has 2 aliphatic heterocycles. The molecule has 0 aliphatic carbocycles. The Labute approximate surface area is 257 Å². The predicted molar refractivity (Wildman–Crippen MR) is 165 cm³/mol. The van der Waals surface area contributed by atoms with Crippen molar-refractivity contribution in [3.63, 3.8) is 0 Å².